The van der Waals surface area contributed by atoms with Crippen molar-refractivity contribution in [2.45, 2.75) is 26.5 Å². The zero-order chi connectivity index (χ0) is 14.8. The van der Waals surface area contributed by atoms with Gasteiger partial charge in [0, 0.05) is 6.54 Å². The fraction of sp³-hybridized carbons (Fsp3) is 0.267. The molecule has 1 N–H and O–H groups in total. The zero-order valence-electron chi connectivity index (χ0n) is 12.0. The molecule has 6 nitrogen and oxygen atoms in total. The third-order valence-corrected chi connectivity index (χ3v) is 3.37. The Balaban J connectivity index is 2.03. The predicted octanol–water partition coefficient (Wildman–Crippen LogP) is 1.87. The molecule has 3 aromatic rings. The Kier molecular flexibility index (Phi) is 3.53. The van der Waals surface area contributed by atoms with Gasteiger partial charge in [-0.25, -0.2) is 4.68 Å². The second-order valence-corrected chi connectivity index (χ2v) is 4.84. The van der Waals surface area contributed by atoms with E-state index in [0.717, 1.165) is 17.1 Å². The molecule has 2 heterocycles. The van der Waals surface area contributed by atoms with E-state index in [0.29, 0.717) is 12.2 Å². The first kappa shape index (κ1) is 13.5. The molecule has 0 fully saturated rings. The van der Waals surface area contributed by atoms with E-state index >= 15 is 0 Å². The van der Waals surface area contributed by atoms with Crippen LogP contribution in [0.4, 0.5) is 0 Å². The van der Waals surface area contributed by atoms with Crippen molar-refractivity contribution in [3.63, 3.8) is 0 Å². The quantitative estimate of drug-likeness (QED) is 0.793. The average Bonchev–Trinajstić information content (AvgIpc) is 3.13. The van der Waals surface area contributed by atoms with Gasteiger partial charge in [0.15, 0.2) is 0 Å². The molecule has 2 aromatic heterocycles. The lowest BCUT2D eigenvalue weighted by Gasteiger charge is -2.13. The summed E-state index contributed by atoms with van der Waals surface area (Å²) in [5, 5.41) is 23.1. The second-order valence-electron chi connectivity index (χ2n) is 4.84. The van der Waals surface area contributed by atoms with Crippen LogP contribution >= 0.6 is 0 Å². The SMILES string of the molecule is CCn1nc(C)cc1C(O)c1cnnn1-c1ccccc1. The maximum Gasteiger partial charge on any atom is 0.139 e. The normalized spacial score (nSPS) is 12.5. The van der Waals surface area contributed by atoms with E-state index in [9.17, 15) is 5.11 Å². The van der Waals surface area contributed by atoms with E-state index < -0.39 is 6.10 Å². The van der Waals surface area contributed by atoms with Crippen LogP contribution in [0.3, 0.4) is 0 Å². The van der Waals surface area contributed by atoms with Crippen molar-refractivity contribution in [2.75, 3.05) is 0 Å². The van der Waals surface area contributed by atoms with E-state index in [1.54, 1.807) is 15.6 Å². The van der Waals surface area contributed by atoms with Crippen LogP contribution in [0.15, 0.2) is 42.6 Å². The van der Waals surface area contributed by atoms with Gasteiger partial charge in [-0.1, -0.05) is 23.4 Å². The molecule has 1 aromatic carbocycles. The highest BCUT2D eigenvalue weighted by Gasteiger charge is 2.21. The summed E-state index contributed by atoms with van der Waals surface area (Å²) in [6.07, 6.45) is 0.765. The predicted molar refractivity (Wildman–Crippen MR) is 78.1 cm³/mol. The summed E-state index contributed by atoms with van der Waals surface area (Å²) in [5.41, 5.74) is 3.11. The van der Waals surface area contributed by atoms with Crippen molar-refractivity contribution in [1.29, 1.82) is 0 Å². The number of aromatic nitrogens is 5. The van der Waals surface area contributed by atoms with E-state index in [2.05, 4.69) is 15.4 Å². The number of nitrogens with zero attached hydrogens (tertiary/aromatic N) is 5. The molecule has 0 radical (unpaired) electrons. The Morgan fingerprint density at radius 3 is 2.67 bits per heavy atom. The lowest BCUT2D eigenvalue weighted by Crippen LogP contribution is -2.13. The van der Waals surface area contributed by atoms with Gasteiger partial charge in [-0.05, 0) is 32.0 Å². The number of aliphatic hydroxyl groups is 1. The highest BCUT2D eigenvalue weighted by Crippen LogP contribution is 2.23. The van der Waals surface area contributed by atoms with Gasteiger partial charge < -0.3 is 5.11 Å². The number of hydrogen-bond donors (Lipinski definition) is 1. The van der Waals surface area contributed by atoms with Crippen molar-refractivity contribution < 1.29 is 5.11 Å². The minimum Gasteiger partial charge on any atom is -0.380 e. The summed E-state index contributed by atoms with van der Waals surface area (Å²) in [6.45, 7) is 4.61. The highest BCUT2D eigenvalue weighted by atomic mass is 16.3. The lowest BCUT2D eigenvalue weighted by atomic mass is 10.1. The third-order valence-electron chi connectivity index (χ3n) is 3.37. The second kappa shape index (κ2) is 5.49. The monoisotopic (exact) mass is 283 g/mol. The van der Waals surface area contributed by atoms with Gasteiger partial charge in [0.2, 0.25) is 0 Å². The van der Waals surface area contributed by atoms with Gasteiger partial charge in [-0.2, -0.15) is 5.10 Å². The van der Waals surface area contributed by atoms with Crippen molar-refractivity contribution in [1.82, 2.24) is 24.8 Å². The van der Waals surface area contributed by atoms with Crippen LogP contribution < -0.4 is 0 Å². The van der Waals surface area contributed by atoms with Crippen LogP contribution in [0.25, 0.3) is 5.69 Å². The van der Waals surface area contributed by atoms with Crippen LogP contribution in [-0.4, -0.2) is 29.9 Å². The molecule has 0 aliphatic heterocycles. The van der Waals surface area contributed by atoms with Crippen molar-refractivity contribution in [2.24, 2.45) is 0 Å². The summed E-state index contributed by atoms with van der Waals surface area (Å²) in [5.74, 6) is 0. The smallest absolute Gasteiger partial charge is 0.139 e. The zero-order valence-corrected chi connectivity index (χ0v) is 12.0. The summed E-state index contributed by atoms with van der Waals surface area (Å²) in [6, 6.07) is 11.5. The summed E-state index contributed by atoms with van der Waals surface area (Å²) >= 11 is 0. The highest BCUT2D eigenvalue weighted by molar-refractivity contribution is 5.33. The largest absolute Gasteiger partial charge is 0.380 e. The molecule has 1 atom stereocenters. The minimum absolute atomic E-state index is 0.621. The molecule has 6 heteroatoms. The summed E-state index contributed by atoms with van der Waals surface area (Å²) in [7, 11) is 0. The average molecular weight is 283 g/mol. The van der Waals surface area contributed by atoms with Gasteiger partial charge in [-0.15, -0.1) is 5.10 Å². The van der Waals surface area contributed by atoms with Gasteiger partial charge in [-0.3, -0.25) is 4.68 Å². The van der Waals surface area contributed by atoms with Crippen molar-refractivity contribution in [3.05, 3.63) is 59.7 Å². The molecular weight excluding hydrogens is 266 g/mol. The Morgan fingerprint density at radius 1 is 1.19 bits per heavy atom. The molecular formula is C15H17N5O. The molecule has 0 amide bonds. The van der Waals surface area contributed by atoms with Crippen LogP contribution in [0, 0.1) is 6.92 Å². The Bertz CT molecular complexity index is 732. The summed E-state index contributed by atoms with van der Waals surface area (Å²) < 4.78 is 3.44. The summed E-state index contributed by atoms with van der Waals surface area (Å²) in [4.78, 5) is 0. The molecule has 3 rings (SSSR count). The Morgan fingerprint density at radius 2 is 1.95 bits per heavy atom. The van der Waals surface area contributed by atoms with Crippen LogP contribution in [0.1, 0.15) is 30.1 Å². The molecule has 0 aliphatic rings. The maximum atomic E-state index is 10.7. The number of aryl methyl sites for hydroxylation is 2. The lowest BCUT2D eigenvalue weighted by molar-refractivity contribution is 0.200. The molecule has 1 unspecified atom stereocenters. The Hall–Kier alpha value is -2.47. The third kappa shape index (κ3) is 2.45. The van der Waals surface area contributed by atoms with Crippen molar-refractivity contribution >= 4 is 0 Å². The number of para-hydroxylation sites is 1. The molecule has 108 valence electrons. The Labute approximate surface area is 122 Å². The molecule has 21 heavy (non-hydrogen) atoms. The molecule has 0 spiro atoms. The van der Waals surface area contributed by atoms with Crippen LogP contribution in [-0.2, 0) is 6.54 Å². The molecule has 0 bridgehead atoms. The number of aliphatic hydroxyl groups excluding tert-OH is 1. The van der Waals surface area contributed by atoms with Gasteiger partial charge in [0.05, 0.1) is 29.0 Å². The number of benzene rings is 1. The van der Waals surface area contributed by atoms with Crippen molar-refractivity contribution in [3.8, 4) is 5.69 Å². The molecule has 0 saturated heterocycles. The van der Waals surface area contributed by atoms with Crippen LogP contribution in [0.5, 0.6) is 0 Å². The van der Waals surface area contributed by atoms with E-state index in [1.165, 1.54) is 0 Å². The maximum absolute atomic E-state index is 10.7. The minimum atomic E-state index is -0.818. The van der Waals surface area contributed by atoms with E-state index in [4.69, 9.17) is 0 Å². The first-order valence-electron chi connectivity index (χ1n) is 6.89. The first-order chi connectivity index (χ1) is 10.2. The fourth-order valence-electron chi connectivity index (χ4n) is 2.39. The van der Waals surface area contributed by atoms with E-state index in [-0.39, 0.29) is 0 Å². The van der Waals surface area contributed by atoms with E-state index in [1.807, 2.05) is 50.2 Å². The standard InChI is InChI=1S/C15H17N5O/c1-3-19-13(9-11(2)17-19)15(21)14-10-16-18-20(14)12-7-5-4-6-8-12/h4-10,15,21H,3H2,1-2H3. The number of hydrogen-bond acceptors (Lipinski definition) is 4. The molecule has 0 aliphatic carbocycles. The van der Waals surface area contributed by atoms with Crippen LogP contribution in [0.2, 0.25) is 0 Å². The topological polar surface area (TPSA) is 68.8 Å². The van der Waals surface area contributed by atoms with Gasteiger partial charge in [0.1, 0.15) is 6.10 Å². The molecule has 0 saturated carbocycles. The van der Waals surface area contributed by atoms with Gasteiger partial charge in [0.25, 0.3) is 0 Å². The first-order valence-corrected chi connectivity index (χ1v) is 6.89. The fourth-order valence-corrected chi connectivity index (χ4v) is 2.39. The van der Waals surface area contributed by atoms with Gasteiger partial charge >= 0.3 is 0 Å². The number of rotatable bonds is 4.